The van der Waals surface area contributed by atoms with Gasteiger partial charge in [0, 0.05) is 0 Å². The molecule has 140 valence electrons. The lowest BCUT2D eigenvalue weighted by Crippen LogP contribution is -2.52. The Balaban J connectivity index is 1.52. The minimum absolute atomic E-state index is 0.126. The molecule has 0 aliphatic heterocycles. The Bertz CT molecular complexity index is 763. The molecular formula is C23H31NO2. The lowest BCUT2D eigenvalue weighted by atomic mass is 9.45. The Hall–Kier alpha value is -1.35. The van der Waals surface area contributed by atoms with Crippen LogP contribution in [-0.2, 0) is 0 Å². The highest BCUT2D eigenvalue weighted by molar-refractivity contribution is 5.70. The molecule has 2 fully saturated rings. The van der Waals surface area contributed by atoms with E-state index in [4.69, 9.17) is 4.42 Å². The van der Waals surface area contributed by atoms with Crippen molar-refractivity contribution in [3.63, 3.8) is 0 Å². The Morgan fingerprint density at radius 2 is 1.96 bits per heavy atom. The normalized spacial score (nSPS) is 47.5. The highest BCUT2D eigenvalue weighted by Gasteiger charge is 2.58. The van der Waals surface area contributed by atoms with Crippen LogP contribution in [-0.4, -0.2) is 16.2 Å². The summed E-state index contributed by atoms with van der Waals surface area (Å²) in [6, 6.07) is 0. The number of rotatable bonds is 1. The molecule has 1 aromatic rings. The Morgan fingerprint density at radius 3 is 2.73 bits per heavy atom. The number of fused-ring (bicyclic) bond motifs is 5. The SMILES string of the molecule is C[C@H]1C=C2C[C@@H](O)CC[C@]2(C)[C@H]2CC[C@]3(C)C(c4cocn4)=CC[C@H]3[C@H]12. The zero-order chi connectivity index (χ0) is 18.1. The third-order valence-electron chi connectivity index (χ3n) is 8.70. The second-order valence-corrected chi connectivity index (χ2v) is 9.84. The molecule has 0 unspecified atom stereocenters. The van der Waals surface area contributed by atoms with Gasteiger partial charge < -0.3 is 9.52 Å². The molecule has 26 heavy (non-hydrogen) atoms. The maximum absolute atomic E-state index is 10.2. The first-order valence-electron chi connectivity index (χ1n) is 10.4. The van der Waals surface area contributed by atoms with E-state index in [2.05, 4.69) is 37.9 Å². The van der Waals surface area contributed by atoms with Crippen LogP contribution in [0, 0.1) is 34.5 Å². The first kappa shape index (κ1) is 16.8. The fraction of sp³-hybridized carbons (Fsp3) is 0.696. The summed E-state index contributed by atoms with van der Waals surface area (Å²) in [5.74, 6) is 2.79. The molecule has 0 bridgehead atoms. The van der Waals surface area contributed by atoms with Crippen molar-refractivity contribution in [1.82, 2.24) is 4.98 Å². The number of oxazole rings is 1. The third kappa shape index (κ3) is 2.13. The Kier molecular flexibility index (Phi) is 3.60. The van der Waals surface area contributed by atoms with E-state index in [0.717, 1.165) is 36.8 Å². The molecule has 3 nitrogen and oxygen atoms in total. The lowest BCUT2D eigenvalue weighted by molar-refractivity contribution is -0.0426. The van der Waals surface area contributed by atoms with Crippen molar-refractivity contribution < 1.29 is 9.52 Å². The first-order chi connectivity index (χ1) is 12.4. The smallest absolute Gasteiger partial charge is 0.181 e. The molecule has 2 saturated carbocycles. The van der Waals surface area contributed by atoms with Crippen molar-refractivity contribution in [2.45, 2.75) is 65.4 Å². The second kappa shape index (κ2) is 5.58. The van der Waals surface area contributed by atoms with E-state index in [1.54, 1.807) is 12.0 Å². The van der Waals surface area contributed by atoms with Crippen molar-refractivity contribution in [2.75, 3.05) is 0 Å². The second-order valence-electron chi connectivity index (χ2n) is 9.84. The molecule has 0 spiro atoms. The third-order valence-corrected chi connectivity index (χ3v) is 8.70. The summed E-state index contributed by atoms with van der Waals surface area (Å²) in [5, 5.41) is 10.2. The zero-order valence-electron chi connectivity index (χ0n) is 16.2. The van der Waals surface area contributed by atoms with Crippen LogP contribution in [0.4, 0.5) is 0 Å². The van der Waals surface area contributed by atoms with E-state index < -0.39 is 0 Å². The molecular weight excluding hydrogens is 322 g/mol. The summed E-state index contributed by atoms with van der Waals surface area (Å²) in [6.07, 6.45) is 15.0. The molecule has 7 atom stereocenters. The number of nitrogens with zero attached hydrogens (tertiary/aromatic N) is 1. The van der Waals surface area contributed by atoms with Crippen molar-refractivity contribution in [3.05, 3.63) is 36.1 Å². The minimum atomic E-state index is -0.126. The number of allylic oxidation sites excluding steroid dienone is 3. The number of aromatic nitrogens is 1. The van der Waals surface area contributed by atoms with Crippen LogP contribution in [0.2, 0.25) is 0 Å². The van der Waals surface area contributed by atoms with Crippen molar-refractivity contribution in [1.29, 1.82) is 0 Å². The highest BCUT2D eigenvalue weighted by atomic mass is 16.3. The summed E-state index contributed by atoms with van der Waals surface area (Å²) >= 11 is 0. The predicted octanol–water partition coefficient (Wildman–Crippen LogP) is 5.24. The molecule has 0 radical (unpaired) electrons. The topological polar surface area (TPSA) is 46.3 Å². The number of aliphatic hydroxyl groups is 1. The number of hydrogen-bond donors (Lipinski definition) is 1. The van der Waals surface area contributed by atoms with Crippen LogP contribution in [0.1, 0.15) is 65.0 Å². The van der Waals surface area contributed by atoms with Crippen molar-refractivity contribution in [3.8, 4) is 0 Å². The standard InChI is InChI=1S/C23H31NO2/c1-14-10-15-11-16(25)6-8-22(15,2)19-7-9-23(3)17(20-12-26-13-24-20)4-5-18(23)21(14)19/h4,10,12-14,16,18-19,21,25H,5-9,11H2,1-3H3/t14-,16-,18-,19-,21-,22-,23+/m0/s1. The predicted molar refractivity (Wildman–Crippen MR) is 102 cm³/mol. The van der Waals surface area contributed by atoms with Gasteiger partial charge in [0.2, 0.25) is 0 Å². The monoisotopic (exact) mass is 353 g/mol. The van der Waals surface area contributed by atoms with E-state index in [-0.39, 0.29) is 11.5 Å². The molecule has 4 aliphatic rings. The van der Waals surface area contributed by atoms with Crippen LogP contribution < -0.4 is 0 Å². The maximum atomic E-state index is 10.2. The molecule has 5 rings (SSSR count). The van der Waals surface area contributed by atoms with Gasteiger partial charge in [-0.05, 0) is 78.6 Å². The molecule has 1 N–H and O–H groups in total. The van der Waals surface area contributed by atoms with Gasteiger partial charge in [-0.25, -0.2) is 4.98 Å². The lowest BCUT2D eigenvalue weighted by Gasteiger charge is -2.59. The van der Waals surface area contributed by atoms with Crippen LogP contribution >= 0.6 is 0 Å². The molecule has 4 aliphatic carbocycles. The number of aliphatic hydroxyl groups excluding tert-OH is 1. The fourth-order valence-corrected chi connectivity index (χ4v) is 7.31. The van der Waals surface area contributed by atoms with E-state index in [9.17, 15) is 5.11 Å². The van der Waals surface area contributed by atoms with Gasteiger partial charge in [-0.2, -0.15) is 0 Å². The Morgan fingerprint density at radius 1 is 1.15 bits per heavy atom. The van der Waals surface area contributed by atoms with Gasteiger partial charge in [0.25, 0.3) is 0 Å². The average Bonchev–Trinajstić information content (AvgIpc) is 3.23. The van der Waals surface area contributed by atoms with Crippen molar-refractivity contribution in [2.24, 2.45) is 34.5 Å². The summed E-state index contributed by atoms with van der Waals surface area (Å²) < 4.78 is 5.29. The van der Waals surface area contributed by atoms with Crippen LogP contribution in [0.25, 0.3) is 5.57 Å². The van der Waals surface area contributed by atoms with Crippen molar-refractivity contribution >= 4 is 5.57 Å². The molecule has 0 aromatic carbocycles. The number of hydrogen-bond acceptors (Lipinski definition) is 3. The Labute approximate surface area is 156 Å². The fourth-order valence-electron chi connectivity index (χ4n) is 7.31. The van der Waals surface area contributed by atoms with Gasteiger partial charge in [0.1, 0.15) is 12.0 Å². The average molecular weight is 354 g/mol. The van der Waals surface area contributed by atoms with Crippen LogP contribution in [0.3, 0.4) is 0 Å². The summed E-state index contributed by atoms with van der Waals surface area (Å²) in [7, 11) is 0. The molecule has 0 saturated heterocycles. The highest BCUT2D eigenvalue weighted by Crippen LogP contribution is 2.67. The summed E-state index contributed by atoms with van der Waals surface area (Å²) in [5.41, 5.74) is 4.54. The van der Waals surface area contributed by atoms with Gasteiger partial charge in [-0.15, -0.1) is 0 Å². The summed E-state index contributed by atoms with van der Waals surface area (Å²) in [6.45, 7) is 7.39. The molecule has 1 aromatic heterocycles. The molecule has 0 amide bonds. The van der Waals surface area contributed by atoms with E-state index in [1.807, 2.05) is 6.26 Å². The van der Waals surface area contributed by atoms with Gasteiger partial charge in [-0.1, -0.05) is 38.5 Å². The van der Waals surface area contributed by atoms with E-state index >= 15 is 0 Å². The van der Waals surface area contributed by atoms with Gasteiger partial charge >= 0.3 is 0 Å². The van der Waals surface area contributed by atoms with Gasteiger partial charge in [0.05, 0.1) is 6.10 Å². The molecule has 3 heteroatoms. The van der Waals surface area contributed by atoms with E-state index in [1.165, 1.54) is 24.8 Å². The van der Waals surface area contributed by atoms with Crippen LogP contribution in [0.15, 0.2) is 34.8 Å². The van der Waals surface area contributed by atoms with Gasteiger partial charge in [0.15, 0.2) is 6.39 Å². The first-order valence-corrected chi connectivity index (χ1v) is 10.4. The zero-order valence-corrected chi connectivity index (χ0v) is 16.2. The van der Waals surface area contributed by atoms with Crippen LogP contribution in [0.5, 0.6) is 0 Å². The molecule has 1 heterocycles. The maximum Gasteiger partial charge on any atom is 0.181 e. The largest absolute Gasteiger partial charge is 0.451 e. The summed E-state index contributed by atoms with van der Waals surface area (Å²) in [4.78, 5) is 4.47. The van der Waals surface area contributed by atoms with E-state index in [0.29, 0.717) is 17.3 Å². The minimum Gasteiger partial charge on any atom is -0.451 e. The van der Waals surface area contributed by atoms with Gasteiger partial charge in [-0.3, -0.25) is 0 Å². The quantitative estimate of drug-likeness (QED) is 0.703.